The fourth-order valence-corrected chi connectivity index (χ4v) is 1.92. The van der Waals surface area contributed by atoms with E-state index in [1.165, 1.54) is 18.4 Å². The van der Waals surface area contributed by atoms with Gasteiger partial charge in [-0.25, -0.2) is 4.39 Å². The lowest BCUT2D eigenvalue weighted by Crippen LogP contribution is -2.12. The Labute approximate surface area is 92.5 Å². The van der Waals surface area contributed by atoms with Gasteiger partial charge in [0.2, 0.25) is 0 Å². The molecule has 0 amide bonds. The van der Waals surface area contributed by atoms with Gasteiger partial charge in [0.1, 0.15) is 5.82 Å². The Hall–Kier alpha value is -0.850. The van der Waals surface area contributed by atoms with E-state index in [9.17, 15) is 4.39 Å². The van der Waals surface area contributed by atoms with Crippen molar-refractivity contribution >= 4 is 0 Å². The minimum atomic E-state index is -0.0148. The maximum atomic E-state index is 13.2. The maximum Gasteiger partial charge on any atom is 0.126 e. The Morgan fingerprint density at radius 1 is 1.33 bits per heavy atom. The molecule has 0 heterocycles. The van der Waals surface area contributed by atoms with Gasteiger partial charge in [0.15, 0.2) is 0 Å². The third kappa shape index (κ3) is 3.33. The van der Waals surface area contributed by atoms with Crippen LogP contribution in [0.15, 0.2) is 18.2 Å². The smallest absolute Gasteiger partial charge is 0.126 e. The SMILES string of the molecule is CC1CCc2cccc(F)c2C1.CCC. The van der Waals surface area contributed by atoms with Gasteiger partial charge in [-0.05, 0) is 42.4 Å². The quantitative estimate of drug-likeness (QED) is 0.594. The van der Waals surface area contributed by atoms with Crippen molar-refractivity contribution in [2.24, 2.45) is 5.92 Å². The van der Waals surface area contributed by atoms with Crippen LogP contribution in [0.2, 0.25) is 0 Å². The largest absolute Gasteiger partial charge is 0.207 e. The summed E-state index contributed by atoms with van der Waals surface area (Å²) in [6.45, 7) is 6.44. The highest BCUT2D eigenvalue weighted by Gasteiger charge is 2.17. The van der Waals surface area contributed by atoms with Crippen LogP contribution in [0, 0.1) is 11.7 Å². The van der Waals surface area contributed by atoms with E-state index in [4.69, 9.17) is 0 Å². The van der Waals surface area contributed by atoms with Crippen molar-refractivity contribution < 1.29 is 4.39 Å². The van der Waals surface area contributed by atoms with Crippen LogP contribution >= 0.6 is 0 Å². The Bertz CT molecular complexity index is 304. The predicted molar refractivity (Wildman–Crippen MR) is 63.6 cm³/mol. The summed E-state index contributed by atoms with van der Waals surface area (Å²) in [4.78, 5) is 0. The number of halogens is 1. The van der Waals surface area contributed by atoms with Crippen LogP contribution in [0.5, 0.6) is 0 Å². The molecule has 0 fully saturated rings. The summed E-state index contributed by atoms with van der Waals surface area (Å²) in [5.41, 5.74) is 2.17. The highest BCUT2D eigenvalue weighted by molar-refractivity contribution is 5.30. The van der Waals surface area contributed by atoms with Crippen molar-refractivity contribution in [3.8, 4) is 0 Å². The molecular weight excluding hydrogens is 187 g/mol. The molecule has 1 aliphatic carbocycles. The van der Waals surface area contributed by atoms with E-state index in [-0.39, 0.29) is 5.82 Å². The first kappa shape index (κ1) is 12.2. The number of aryl methyl sites for hydroxylation is 1. The molecule has 0 N–H and O–H groups in total. The van der Waals surface area contributed by atoms with Gasteiger partial charge in [0.25, 0.3) is 0 Å². The van der Waals surface area contributed by atoms with E-state index < -0.39 is 0 Å². The van der Waals surface area contributed by atoms with Crippen LogP contribution in [0.4, 0.5) is 4.39 Å². The molecular formula is C14H21F. The van der Waals surface area contributed by atoms with Gasteiger partial charge in [0, 0.05) is 0 Å². The predicted octanol–water partition coefficient (Wildman–Crippen LogP) is 4.37. The lowest BCUT2D eigenvalue weighted by Gasteiger charge is -2.21. The molecule has 1 atom stereocenters. The summed E-state index contributed by atoms with van der Waals surface area (Å²) in [7, 11) is 0. The van der Waals surface area contributed by atoms with Crippen molar-refractivity contribution in [3.05, 3.63) is 35.1 Å². The van der Waals surface area contributed by atoms with Crippen LogP contribution in [0.25, 0.3) is 0 Å². The van der Waals surface area contributed by atoms with E-state index in [1.54, 1.807) is 6.07 Å². The minimum Gasteiger partial charge on any atom is -0.207 e. The Balaban J connectivity index is 0.000000337. The van der Waals surface area contributed by atoms with Crippen molar-refractivity contribution in [1.29, 1.82) is 0 Å². The Kier molecular flexibility index (Phi) is 4.80. The molecule has 1 heteroatoms. The van der Waals surface area contributed by atoms with Crippen LogP contribution in [0.3, 0.4) is 0 Å². The fourth-order valence-electron chi connectivity index (χ4n) is 1.92. The van der Waals surface area contributed by atoms with Crippen LogP contribution < -0.4 is 0 Å². The highest BCUT2D eigenvalue weighted by Crippen LogP contribution is 2.26. The zero-order chi connectivity index (χ0) is 11.3. The van der Waals surface area contributed by atoms with Crippen LogP contribution in [0.1, 0.15) is 44.7 Å². The third-order valence-corrected chi connectivity index (χ3v) is 2.67. The number of hydrogen-bond donors (Lipinski definition) is 0. The van der Waals surface area contributed by atoms with Crippen molar-refractivity contribution in [2.75, 3.05) is 0 Å². The first-order valence-corrected chi connectivity index (χ1v) is 5.95. The van der Waals surface area contributed by atoms with Crippen molar-refractivity contribution in [3.63, 3.8) is 0 Å². The molecule has 0 aliphatic heterocycles. The molecule has 1 aromatic carbocycles. The summed E-state index contributed by atoms with van der Waals surface area (Å²) < 4.78 is 13.2. The molecule has 1 aromatic rings. The molecule has 0 bridgehead atoms. The summed E-state index contributed by atoms with van der Waals surface area (Å²) in [6.07, 6.45) is 4.42. The molecule has 2 rings (SSSR count). The van der Waals surface area contributed by atoms with Gasteiger partial charge in [-0.15, -0.1) is 0 Å². The van der Waals surface area contributed by atoms with Gasteiger partial charge in [-0.1, -0.05) is 39.3 Å². The van der Waals surface area contributed by atoms with Crippen LogP contribution in [-0.4, -0.2) is 0 Å². The molecule has 0 radical (unpaired) electrons. The molecule has 0 spiro atoms. The van der Waals surface area contributed by atoms with Gasteiger partial charge >= 0.3 is 0 Å². The van der Waals surface area contributed by atoms with E-state index in [0.29, 0.717) is 5.92 Å². The number of benzene rings is 1. The highest BCUT2D eigenvalue weighted by atomic mass is 19.1. The molecule has 0 saturated carbocycles. The normalized spacial score (nSPS) is 18.8. The van der Waals surface area contributed by atoms with E-state index >= 15 is 0 Å². The second-order valence-corrected chi connectivity index (χ2v) is 4.43. The zero-order valence-electron chi connectivity index (χ0n) is 10.0. The van der Waals surface area contributed by atoms with Gasteiger partial charge < -0.3 is 0 Å². The average molecular weight is 208 g/mol. The molecule has 0 saturated heterocycles. The third-order valence-electron chi connectivity index (χ3n) is 2.67. The maximum absolute atomic E-state index is 13.2. The average Bonchev–Trinajstić information content (AvgIpc) is 2.21. The Morgan fingerprint density at radius 2 is 2.00 bits per heavy atom. The van der Waals surface area contributed by atoms with Crippen molar-refractivity contribution in [2.45, 2.75) is 46.5 Å². The molecule has 1 unspecified atom stereocenters. The topological polar surface area (TPSA) is 0 Å². The minimum absolute atomic E-state index is 0.0148. The lowest BCUT2D eigenvalue weighted by molar-refractivity contribution is 0.478. The summed E-state index contributed by atoms with van der Waals surface area (Å²) in [6, 6.07) is 5.42. The standard InChI is InChI=1S/C11H13F.C3H8/c1-8-5-6-9-3-2-4-11(12)10(9)7-8;1-3-2/h2-4,8H,5-7H2,1H3;3H2,1-2H3. The Morgan fingerprint density at radius 3 is 2.67 bits per heavy atom. The summed E-state index contributed by atoms with van der Waals surface area (Å²) in [5, 5.41) is 0. The monoisotopic (exact) mass is 208 g/mol. The van der Waals surface area contributed by atoms with E-state index in [1.807, 2.05) is 12.1 Å². The van der Waals surface area contributed by atoms with Gasteiger partial charge in [0.05, 0.1) is 0 Å². The first-order valence-electron chi connectivity index (χ1n) is 5.95. The molecule has 0 nitrogen and oxygen atoms in total. The van der Waals surface area contributed by atoms with E-state index in [0.717, 1.165) is 18.4 Å². The summed E-state index contributed by atoms with van der Waals surface area (Å²) in [5.74, 6) is 0.633. The van der Waals surface area contributed by atoms with E-state index in [2.05, 4.69) is 20.8 Å². The van der Waals surface area contributed by atoms with Crippen molar-refractivity contribution in [1.82, 2.24) is 0 Å². The lowest BCUT2D eigenvalue weighted by atomic mass is 9.85. The number of hydrogen-bond acceptors (Lipinski definition) is 0. The fraction of sp³-hybridized carbons (Fsp3) is 0.571. The number of fused-ring (bicyclic) bond motifs is 1. The number of rotatable bonds is 0. The molecule has 0 aromatic heterocycles. The van der Waals surface area contributed by atoms with Crippen LogP contribution in [-0.2, 0) is 12.8 Å². The second-order valence-electron chi connectivity index (χ2n) is 4.43. The second kappa shape index (κ2) is 5.89. The zero-order valence-corrected chi connectivity index (χ0v) is 10.0. The summed E-state index contributed by atoms with van der Waals surface area (Å²) >= 11 is 0. The molecule has 1 aliphatic rings. The molecule has 84 valence electrons. The van der Waals surface area contributed by atoms with Gasteiger partial charge in [-0.3, -0.25) is 0 Å². The van der Waals surface area contributed by atoms with Gasteiger partial charge in [-0.2, -0.15) is 0 Å². The first-order chi connectivity index (χ1) is 7.19. The molecule has 15 heavy (non-hydrogen) atoms.